The average molecular weight is 315 g/mol. The van der Waals surface area contributed by atoms with Crippen molar-refractivity contribution < 1.29 is 18.7 Å². The predicted molar refractivity (Wildman–Crippen MR) is 86.3 cm³/mol. The molecule has 0 atom stereocenters. The largest absolute Gasteiger partial charge is 0.496 e. The topological polar surface area (TPSA) is 55.4 Å². The minimum atomic E-state index is -0.371. The van der Waals surface area contributed by atoms with Gasteiger partial charge in [0.25, 0.3) is 0 Å². The van der Waals surface area contributed by atoms with Crippen LogP contribution in [-0.2, 0) is 4.79 Å². The first kappa shape index (κ1) is 16.7. The van der Waals surface area contributed by atoms with Gasteiger partial charge in [0.05, 0.1) is 12.7 Å². The van der Waals surface area contributed by atoms with Crippen molar-refractivity contribution in [1.29, 1.82) is 0 Å². The van der Waals surface area contributed by atoms with Crippen molar-refractivity contribution in [3.8, 4) is 5.75 Å². The van der Waals surface area contributed by atoms with E-state index in [2.05, 4.69) is 5.32 Å². The van der Waals surface area contributed by atoms with E-state index in [1.807, 2.05) is 13.0 Å². The molecule has 4 nitrogen and oxygen atoms in total. The number of methoxy groups -OCH3 is 1. The van der Waals surface area contributed by atoms with Gasteiger partial charge in [0.2, 0.25) is 5.91 Å². The number of aryl methyl sites for hydroxylation is 1. The second-order valence-electron chi connectivity index (χ2n) is 5.18. The number of carbonyl (C=O) groups excluding carboxylic acids is 2. The van der Waals surface area contributed by atoms with Gasteiger partial charge in [0.15, 0.2) is 5.78 Å². The molecule has 0 radical (unpaired) electrons. The van der Waals surface area contributed by atoms with Gasteiger partial charge in [-0.15, -0.1) is 0 Å². The third kappa shape index (κ3) is 4.64. The number of hydrogen-bond donors (Lipinski definition) is 1. The fourth-order valence-corrected chi connectivity index (χ4v) is 2.16. The number of rotatable bonds is 6. The van der Waals surface area contributed by atoms with E-state index < -0.39 is 0 Å². The van der Waals surface area contributed by atoms with Crippen molar-refractivity contribution in [2.24, 2.45) is 0 Å². The summed E-state index contributed by atoms with van der Waals surface area (Å²) in [7, 11) is 1.50. The van der Waals surface area contributed by atoms with Gasteiger partial charge in [-0.2, -0.15) is 0 Å². The van der Waals surface area contributed by atoms with E-state index in [4.69, 9.17) is 4.74 Å². The highest BCUT2D eigenvalue weighted by Gasteiger charge is 2.14. The molecule has 2 rings (SSSR count). The number of ketones is 1. The van der Waals surface area contributed by atoms with E-state index in [1.54, 1.807) is 12.1 Å². The van der Waals surface area contributed by atoms with Crippen LogP contribution in [0.3, 0.4) is 0 Å². The molecule has 120 valence electrons. The maximum atomic E-state index is 12.8. The molecule has 0 saturated heterocycles. The van der Waals surface area contributed by atoms with Crippen LogP contribution in [0.5, 0.6) is 5.75 Å². The number of carbonyl (C=O) groups is 2. The molecule has 1 amide bonds. The summed E-state index contributed by atoms with van der Waals surface area (Å²) in [5, 5.41) is 2.63. The summed E-state index contributed by atoms with van der Waals surface area (Å²) >= 11 is 0. The molecule has 2 aromatic rings. The Morgan fingerprint density at radius 3 is 2.43 bits per heavy atom. The molecule has 0 aliphatic carbocycles. The summed E-state index contributed by atoms with van der Waals surface area (Å²) in [5.74, 6) is -0.319. The highest BCUT2D eigenvalue weighted by Crippen LogP contribution is 2.21. The maximum absolute atomic E-state index is 12.8. The molecule has 0 aliphatic rings. The van der Waals surface area contributed by atoms with Gasteiger partial charge < -0.3 is 10.1 Å². The molecule has 2 aromatic carbocycles. The van der Waals surface area contributed by atoms with Crippen molar-refractivity contribution in [1.82, 2.24) is 0 Å². The zero-order valence-corrected chi connectivity index (χ0v) is 13.1. The minimum absolute atomic E-state index is 0.0489. The summed E-state index contributed by atoms with van der Waals surface area (Å²) in [4.78, 5) is 24.1. The van der Waals surface area contributed by atoms with Gasteiger partial charge in [-0.3, -0.25) is 9.59 Å². The number of benzene rings is 2. The number of anilines is 1. The number of nitrogens with one attached hydrogen (secondary N) is 1. The number of hydrogen-bond acceptors (Lipinski definition) is 3. The van der Waals surface area contributed by atoms with Crippen LogP contribution in [-0.4, -0.2) is 18.8 Å². The Labute approximate surface area is 134 Å². The zero-order chi connectivity index (χ0) is 16.8. The SMILES string of the molecule is COc1ccc(C)cc1C(=O)CCC(=O)Nc1ccc(F)cc1. The van der Waals surface area contributed by atoms with E-state index >= 15 is 0 Å². The molecule has 1 N–H and O–H groups in total. The van der Waals surface area contributed by atoms with Crippen LogP contribution in [0, 0.1) is 12.7 Å². The summed E-state index contributed by atoms with van der Waals surface area (Å²) in [5.41, 5.74) is 1.92. The van der Waals surface area contributed by atoms with Crippen LogP contribution in [0.1, 0.15) is 28.8 Å². The van der Waals surface area contributed by atoms with E-state index in [9.17, 15) is 14.0 Å². The number of amides is 1. The fourth-order valence-electron chi connectivity index (χ4n) is 2.16. The van der Waals surface area contributed by atoms with Crippen LogP contribution >= 0.6 is 0 Å². The molecule has 0 fully saturated rings. The molecule has 0 aromatic heterocycles. The Kier molecular flexibility index (Phi) is 5.46. The first-order valence-electron chi connectivity index (χ1n) is 7.23. The van der Waals surface area contributed by atoms with E-state index in [1.165, 1.54) is 31.4 Å². The lowest BCUT2D eigenvalue weighted by molar-refractivity contribution is -0.116. The first-order chi connectivity index (χ1) is 11.0. The second kappa shape index (κ2) is 7.54. The standard InChI is InChI=1S/C18H18FNO3/c1-12-3-9-17(23-2)15(11-12)16(21)8-10-18(22)20-14-6-4-13(19)5-7-14/h3-7,9,11H,8,10H2,1-2H3,(H,20,22). The summed E-state index contributed by atoms with van der Waals surface area (Å²) in [6.45, 7) is 1.89. The van der Waals surface area contributed by atoms with Gasteiger partial charge in [-0.25, -0.2) is 4.39 Å². The van der Waals surface area contributed by atoms with Crippen molar-refractivity contribution >= 4 is 17.4 Å². The molecule has 0 aliphatic heterocycles. The van der Waals surface area contributed by atoms with Crippen LogP contribution in [0.2, 0.25) is 0 Å². The molecule has 0 bridgehead atoms. The van der Waals surface area contributed by atoms with E-state index in [0.29, 0.717) is 17.0 Å². The summed E-state index contributed by atoms with van der Waals surface area (Å²) in [6.07, 6.45) is 0.125. The van der Waals surface area contributed by atoms with Crippen molar-refractivity contribution in [3.05, 3.63) is 59.4 Å². The fraction of sp³-hybridized carbons (Fsp3) is 0.222. The third-order valence-corrected chi connectivity index (χ3v) is 3.36. The van der Waals surface area contributed by atoms with Crippen LogP contribution < -0.4 is 10.1 Å². The highest BCUT2D eigenvalue weighted by molar-refractivity contribution is 6.01. The monoisotopic (exact) mass is 315 g/mol. The van der Waals surface area contributed by atoms with Crippen molar-refractivity contribution in [2.75, 3.05) is 12.4 Å². The second-order valence-corrected chi connectivity index (χ2v) is 5.18. The maximum Gasteiger partial charge on any atom is 0.224 e. The lowest BCUT2D eigenvalue weighted by Gasteiger charge is -2.09. The Balaban J connectivity index is 1.95. The molecule has 0 saturated carbocycles. The van der Waals surface area contributed by atoms with Gasteiger partial charge in [-0.05, 0) is 43.3 Å². The van der Waals surface area contributed by atoms with Crippen LogP contribution in [0.15, 0.2) is 42.5 Å². The van der Waals surface area contributed by atoms with Crippen LogP contribution in [0.4, 0.5) is 10.1 Å². The quantitative estimate of drug-likeness (QED) is 0.826. The summed E-state index contributed by atoms with van der Waals surface area (Å²) in [6, 6.07) is 10.8. The number of halogens is 1. The molecule has 0 heterocycles. The van der Waals surface area contributed by atoms with E-state index in [-0.39, 0.29) is 30.3 Å². The molecule has 23 heavy (non-hydrogen) atoms. The minimum Gasteiger partial charge on any atom is -0.496 e. The molecular formula is C18H18FNO3. The third-order valence-electron chi connectivity index (χ3n) is 3.36. The van der Waals surface area contributed by atoms with Crippen molar-refractivity contribution in [3.63, 3.8) is 0 Å². The Bertz CT molecular complexity index is 711. The first-order valence-corrected chi connectivity index (χ1v) is 7.23. The summed E-state index contributed by atoms with van der Waals surface area (Å²) < 4.78 is 18.0. The Hall–Kier alpha value is -2.69. The highest BCUT2D eigenvalue weighted by atomic mass is 19.1. The molecule has 0 unspecified atom stereocenters. The predicted octanol–water partition coefficient (Wildman–Crippen LogP) is 3.74. The lowest BCUT2D eigenvalue weighted by atomic mass is 10.0. The van der Waals surface area contributed by atoms with E-state index in [0.717, 1.165) is 5.56 Å². The molecule has 0 spiro atoms. The zero-order valence-electron chi connectivity index (χ0n) is 13.1. The Morgan fingerprint density at radius 1 is 1.09 bits per heavy atom. The molecule has 5 heteroatoms. The number of Topliss-reactive ketones (excluding diaryl/α,β-unsaturated/α-hetero) is 1. The van der Waals surface area contributed by atoms with Crippen molar-refractivity contribution in [2.45, 2.75) is 19.8 Å². The smallest absolute Gasteiger partial charge is 0.224 e. The van der Waals surface area contributed by atoms with Gasteiger partial charge >= 0.3 is 0 Å². The van der Waals surface area contributed by atoms with Gasteiger partial charge in [-0.1, -0.05) is 11.6 Å². The molecular weight excluding hydrogens is 297 g/mol. The Morgan fingerprint density at radius 2 is 1.78 bits per heavy atom. The average Bonchev–Trinajstić information content (AvgIpc) is 2.54. The van der Waals surface area contributed by atoms with Crippen LogP contribution in [0.25, 0.3) is 0 Å². The normalized spacial score (nSPS) is 10.2. The van der Waals surface area contributed by atoms with Gasteiger partial charge in [0, 0.05) is 18.5 Å². The van der Waals surface area contributed by atoms with Gasteiger partial charge in [0.1, 0.15) is 11.6 Å². The lowest BCUT2D eigenvalue weighted by Crippen LogP contribution is -2.14. The number of ether oxygens (including phenoxy) is 1.